The van der Waals surface area contributed by atoms with Gasteiger partial charge in [-0.15, -0.1) is 0 Å². The van der Waals surface area contributed by atoms with Crippen LogP contribution < -0.4 is 14.8 Å². The molecule has 0 unspecified atom stereocenters. The van der Waals surface area contributed by atoms with E-state index in [2.05, 4.69) is 5.32 Å². The maximum absolute atomic E-state index is 11.9. The molecule has 1 N–H and O–H groups in total. The zero-order valence-corrected chi connectivity index (χ0v) is 14.5. The summed E-state index contributed by atoms with van der Waals surface area (Å²) < 4.78 is 15.5. The molecular formula is C16H18N2O6S. The first-order valence-electron chi connectivity index (χ1n) is 7.79. The second-order valence-corrected chi connectivity index (χ2v) is 6.64. The van der Waals surface area contributed by atoms with E-state index in [-0.39, 0.29) is 31.2 Å². The van der Waals surface area contributed by atoms with Crippen molar-refractivity contribution in [3.63, 3.8) is 0 Å². The van der Waals surface area contributed by atoms with E-state index in [1.807, 2.05) is 13.0 Å². The fourth-order valence-corrected chi connectivity index (χ4v) is 3.29. The number of fused-ring (bicyclic) bond motifs is 1. The third kappa shape index (κ3) is 4.36. The Morgan fingerprint density at radius 2 is 2.16 bits per heavy atom. The normalized spacial score (nSPS) is 16.7. The Balaban J connectivity index is 1.44. The van der Waals surface area contributed by atoms with Gasteiger partial charge in [-0.05, 0) is 24.6 Å². The molecule has 0 aliphatic carbocycles. The number of rotatable bonds is 6. The molecule has 2 aliphatic rings. The number of amides is 2. The van der Waals surface area contributed by atoms with Gasteiger partial charge >= 0.3 is 5.97 Å². The third-order valence-electron chi connectivity index (χ3n) is 3.80. The number of nitrogens with zero attached hydrogens (tertiary/aromatic N) is 1. The first-order chi connectivity index (χ1) is 12.0. The Hall–Kier alpha value is -2.42. The number of carbonyl (C=O) groups excluding carboxylic acids is 3. The summed E-state index contributed by atoms with van der Waals surface area (Å²) in [5, 5.41) is 2.61. The minimum atomic E-state index is -0.596. The minimum Gasteiger partial charge on any atom is -0.454 e. The number of esters is 1. The average molecular weight is 366 g/mol. The molecule has 1 saturated heterocycles. The Kier molecular flexibility index (Phi) is 5.32. The highest BCUT2D eigenvalue weighted by molar-refractivity contribution is 8.13. The van der Waals surface area contributed by atoms with Gasteiger partial charge in [-0.1, -0.05) is 17.8 Å². The Morgan fingerprint density at radius 1 is 1.36 bits per heavy atom. The Morgan fingerprint density at radius 3 is 2.92 bits per heavy atom. The predicted octanol–water partition coefficient (Wildman–Crippen LogP) is 1.30. The Labute approximate surface area is 148 Å². The summed E-state index contributed by atoms with van der Waals surface area (Å²) >= 11 is 1.17. The van der Waals surface area contributed by atoms with Gasteiger partial charge in [-0.3, -0.25) is 14.4 Å². The van der Waals surface area contributed by atoms with E-state index in [0.29, 0.717) is 23.8 Å². The fourth-order valence-electron chi connectivity index (χ4n) is 2.47. The van der Waals surface area contributed by atoms with Gasteiger partial charge in [0.05, 0.1) is 6.04 Å². The molecule has 0 saturated carbocycles. The van der Waals surface area contributed by atoms with Crippen LogP contribution in [0.2, 0.25) is 0 Å². The molecule has 1 fully saturated rings. The van der Waals surface area contributed by atoms with Crippen LogP contribution in [0.5, 0.6) is 11.5 Å². The van der Waals surface area contributed by atoms with E-state index < -0.39 is 11.9 Å². The zero-order chi connectivity index (χ0) is 17.8. The third-order valence-corrected chi connectivity index (χ3v) is 4.70. The van der Waals surface area contributed by atoms with Crippen molar-refractivity contribution < 1.29 is 28.6 Å². The average Bonchev–Trinajstić information content (AvgIpc) is 3.21. The van der Waals surface area contributed by atoms with E-state index in [1.165, 1.54) is 16.7 Å². The lowest BCUT2D eigenvalue weighted by atomic mass is 10.1. The van der Waals surface area contributed by atoms with Crippen molar-refractivity contribution in [2.24, 2.45) is 0 Å². The summed E-state index contributed by atoms with van der Waals surface area (Å²) in [5.74, 6) is 0.964. The van der Waals surface area contributed by atoms with Gasteiger partial charge in [0, 0.05) is 12.3 Å². The number of thioether (sulfide) groups is 1. The number of benzene rings is 1. The van der Waals surface area contributed by atoms with Gasteiger partial charge in [-0.2, -0.15) is 0 Å². The molecule has 2 amide bonds. The summed E-state index contributed by atoms with van der Waals surface area (Å²) in [6.07, 6.45) is 0. The van der Waals surface area contributed by atoms with Crippen molar-refractivity contribution in [2.45, 2.75) is 13.0 Å². The lowest BCUT2D eigenvalue weighted by molar-refractivity contribution is -0.149. The SMILES string of the molecule is C[C@@H](NC(=O)COC(=O)CN1CCSC1=O)c1ccc2c(c1)OCO2. The van der Waals surface area contributed by atoms with Crippen LogP contribution in [0.15, 0.2) is 18.2 Å². The van der Waals surface area contributed by atoms with E-state index in [4.69, 9.17) is 14.2 Å². The fraction of sp³-hybridized carbons (Fsp3) is 0.438. The number of carbonyl (C=O) groups is 3. The largest absolute Gasteiger partial charge is 0.454 e. The second-order valence-electron chi connectivity index (χ2n) is 5.60. The first-order valence-corrected chi connectivity index (χ1v) is 8.78. The monoisotopic (exact) mass is 366 g/mol. The topological polar surface area (TPSA) is 94.2 Å². The summed E-state index contributed by atoms with van der Waals surface area (Å²) in [4.78, 5) is 36.5. The summed E-state index contributed by atoms with van der Waals surface area (Å²) in [6, 6.07) is 5.14. The van der Waals surface area contributed by atoms with Crippen molar-refractivity contribution in [3.05, 3.63) is 23.8 Å². The molecule has 2 heterocycles. The van der Waals surface area contributed by atoms with Gasteiger partial charge in [0.25, 0.3) is 11.1 Å². The molecule has 2 aliphatic heterocycles. The molecule has 0 radical (unpaired) electrons. The van der Waals surface area contributed by atoms with Gasteiger partial charge in [0.2, 0.25) is 6.79 Å². The standard InChI is InChI=1S/C16H18N2O6S/c1-10(11-2-3-12-13(6-11)24-9-23-12)17-14(19)8-22-15(20)7-18-4-5-25-16(18)21/h2-3,6,10H,4-5,7-9H2,1H3,(H,17,19)/t10-/m1/s1. The molecule has 0 aromatic heterocycles. The maximum atomic E-state index is 11.9. The quantitative estimate of drug-likeness (QED) is 0.759. The molecule has 1 aromatic rings. The van der Waals surface area contributed by atoms with Crippen LogP contribution in [0.25, 0.3) is 0 Å². The summed E-state index contributed by atoms with van der Waals surface area (Å²) in [7, 11) is 0. The summed E-state index contributed by atoms with van der Waals surface area (Å²) in [5.41, 5.74) is 0.851. The highest BCUT2D eigenvalue weighted by atomic mass is 32.2. The minimum absolute atomic E-state index is 0.128. The van der Waals surface area contributed by atoms with Crippen molar-refractivity contribution in [1.29, 1.82) is 0 Å². The first kappa shape index (κ1) is 17.4. The lowest BCUT2D eigenvalue weighted by Gasteiger charge is -2.16. The number of nitrogens with one attached hydrogen (secondary N) is 1. The van der Waals surface area contributed by atoms with Crippen molar-refractivity contribution in [3.8, 4) is 11.5 Å². The van der Waals surface area contributed by atoms with Crippen molar-refractivity contribution in [1.82, 2.24) is 10.2 Å². The van der Waals surface area contributed by atoms with Crippen LogP contribution in [0.3, 0.4) is 0 Å². The molecule has 1 atom stereocenters. The van der Waals surface area contributed by atoms with Crippen LogP contribution in [0.4, 0.5) is 4.79 Å². The maximum Gasteiger partial charge on any atom is 0.326 e. The number of hydrogen-bond donors (Lipinski definition) is 1. The molecule has 1 aromatic carbocycles. The van der Waals surface area contributed by atoms with Crippen molar-refractivity contribution in [2.75, 3.05) is 32.2 Å². The van der Waals surface area contributed by atoms with E-state index in [1.54, 1.807) is 12.1 Å². The molecular weight excluding hydrogens is 348 g/mol. The molecule has 134 valence electrons. The van der Waals surface area contributed by atoms with Crippen molar-refractivity contribution >= 4 is 28.9 Å². The molecule has 8 nitrogen and oxygen atoms in total. The van der Waals surface area contributed by atoms with Crippen LogP contribution in [-0.2, 0) is 14.3 Å². The molecule has 0 bridgehead atoms. The Bertz CT molecular complexity index is 695. The van der Waals surface area contributed by atoms with Gasteiger partial charge < -0.3 is 24.4 Å². The van der Waals surface area contributed by atoms with E-state index in [9.17, 15) is 14.4 Å². The van der Waals surface area contributed by atoms with Crippen LogP contribution in [0, 0.1) is 0 Å². The van der Waals surface area contributed by atoms with Crippen LogP contribution in [-0.4, -0.2) is 54.3 Å². The lowest BCUT2D eigenvalue weighted by Crippen LogP contribution is -2.35. The zero-order valence-electron chi connectivity index (χ0n) is 13.6. The highest BCUT2D eigenvalue weighted by Crippen LogP contribution is 2.34. The predicted molar refractivity (Wildman–Crippen MR) is 89.5 cm³/mol. The second kappa shape index (κ2) is 7.64. The van der Waals surface area contributed by atoms with Gasteiger partial charge in [0.1, 0.15) is 6.54 Å². The highest BCUT2D eigenvalue weighted by Gasteiger charge is 2.24. The van der Waals surface area contributed by atoms with Crippen LogP contribution in [0.1, 0.15) is 18.5 Å². The molecule has 25 heavy (non-hydrogen) atoms. The summed E-state index contributed by atoms with van der Waals surface area (Å²) in [6.45, 7) is 2.01. The van der Waals surface area contributed by atoms with Gasteiger partial charge in [0.15, 0.2) is 18.1 Å². The molecule has 9 heteroatoms. The van der Waals surface area contributed by atoms with E-state index >= 15 is 0 Å². The number of hydrogen-bond acceptors (Lipinski definition) is 7. The molecule has 3 rings (SSSR count). The van der Waals surface area contributed by atoms with Gasteiger partial charge in [-0.25, -0.2) is 0 Å². The smallest absolute Gasteiger partial charge is 0.326 e. The van der Waals surface area contributed by atoms with Crippen LogP contribution >= 0.6 is 11.8 Å². The van der Waals surface area contributed by atoms with E-state index in [0.717, 1.165) is 5.56 Å². The molecule has 0 spiro atoms. The number of ether oxygens (including phenoxy) is 3.